The minimum atomic E-state index is -0.349. The summed E-state index contributed by atoms with van der Waals surface area (Å²) in [7, 11) is 0. The summed E-state index contributed by atoms with van der Waals surface area (Å²) in [5.74, 6) is -0.679. The van der Waals surface area contributed by atoms with E-state index in [1.807, 2.05) is 17.5 Å². The lowest BCUT2D eigenvalue weighted by Crippen LogP contribution is -2.23. The molecule has 0 radical (unpaired) electrons. The van der Waals surface area contributed by atoms with Gasteiger partial charge in [0.1, 0.15) is 11.5 Å². The first-order valence-corrected chi connectivity index (χ1v) is 9.03. The zero-order chi connectivity index (χ0) is 18.6. The van der Waals surface area contributed by atoms with E-state index < -0.39 is 0 Å². The number of aromatic nitrogens is 4. The highest BCUT2D eigenvalue weighted by Gasteiger charge is 2.22. The molecule has 0 spiro atoms. The van der Waals surface area contributed by atoms with Gasteiger partial charge in [-0.3, -0.25) is 9.78 Å². The van der Waals surface area contributed by atoms with Crippen LogP contribution in [0.15, 0.2) is 66.3 Å². The summed E-state index contributed by atoms with van der Waals surface area (Å²) in [6, 6.07) is 13.3. The van der Waals surface area contributed by atoms with Crippen molar-refractivity contribution in [3.63, 3.8) is 0 Å². The second-order valence-corrected chi connectivity index (χ2v) is 6.71. The van der Waals surface area contributed by atoms with Crippen LogP contribution in [0.2, 0.25) is 0 Å². The molecule has 4 aromatic rings. The number of nitrogens with one attached hydrogen (secondary N) is 1. The van der Waals surface area contributed by atoms with Gasteiger partial charge in [0, 0.05) is 22.8 Å². The summed E-state index contributed by atoms with van der Waals surface area (Å²) in [5, 5.41) is 13.0. The molecule has 3 heterocycles. The molecule has 0 unspecified atom stereocenters. The van der Waals surface area contributed by atoms with Crippen molar-refractivity contribution in [2.45, 2.75) is 6.54 Å². The molecule has 0 fully saturated rings. The lowest BCUT2D eigenvalue weighted by molar-refractivity contribution is 0.0947. The number of rotatable bonds is 5. The molecule has 0 atom stereocenters. The lowest BCUT2D eigenvalue weighted by atomic mass is 10.1. The molecule has 0 aliphatic carbocycles. The number of hydrogen-bond donors (Lipinski definition) is 1. The van der Waals surface area contributed by atoms with E-state index in [-0.39, 0.29) is 17.4 Å². The Balaban J connectivity index is 1.73. The maximum Gasteiger partial charge on any atom is 0.274 e. The highest BCUT2D eigenvalue weighted by molar-refractivity contribution is 7.09. The highest BCUT2D eigenvalue weighted by Crippen LogP contribution is 2.25. The second-order valence-electron chi connectivity index (χ2n) is 5.67. The Morgan fingerprint density at radius 1 is 1.11 bits per heavy atom. The molecule has 0 bridgehead atoms. The van der Waals surface area contributed by atoms with E-state index in [0.29, 0.717) is 17.9 Å². The molecule has 0 aliphatic rings. The van der Waals surface area contributed by atoms with Crippen molar-refractivity contribution < 1.29 is 9.18 Å². The van der Waals surface area contributed by atoms with Gasteiger partial charge in [-0.2, -0.15) is 0 Å². The number of nitrogens with zero attached hydrogens (tertiary/aromatic N) is 4. The summed E-state index contributed by atoms with van der Waals surface area (Å²) < 4.78 is 14.8. The molecule has 0 aliphatic heterocycles. The number of benzene rings is 1. The molecular formula is C19H14FN5OS. The van der Waals surface area contributed by atoms with Crippen LogP contribution in [0.25, 0.3) is 16.9 Å². The van der Waals surface area contributed by atoms with Gasteiger partial charge in [-0.05, 0) is 47.8 Å². The molecule has 0 saturated carbocycles. The molecule has 1 aromatic carbocycles. The van der Waals surface area contributed by atoms with E-state index in [9.17, 15) is 9.18 Å². The van der Waals surface area contributed by atoms with E-state index in [4.69, 9.17) is 0 Å². The van der Waals surface area contributed by atoms with Crippen LogP contribution in [0.1, 0.15) is 15.4 Å². The minimum Gasteiger partial charge on any atom is -0.346 e. The summed E-state index contributed by atoms with van der Waals surface area (Å²) in [6.07, 6.45) is 3.26. The Hall–Kier alpha value is -3.39. The van der Waals surface area contributed by atoms with E-state index >= 15 is 0 Å². The van der Waals surface area contributed by atoms with Crippen molar-refractivity contribution in [2.24, 2.45) is 0 Å². The van der Waals surface area contributed by atoms with Gasteiger partial charge in [0.15, 0.2) is 5.69 Å². The Kier molecular flexibility index (Phi) is 4.71. The average molecular weight is 379 g/mol. The fourth-order valence-electron chi connectivity index (χ4n) is 2.63. The zero-order valence-electron chi connectivity index (χ0n) is 14.0. The van der Waals surface area contributed by atoms with Crippen molar-refractivity contribution in [1.82, 2.24) is 25.3 Å². The third-order valence-corrected chi connectivity index (χ3v) is 4.79. The topological polar surface area (TPSA) is 72.7 Å². The predicted molar refractivity (Wildman–Crippen MR) is 100 cm³/mol. The van der Waals surface area contributed by atoms with Crippen LogP contribution < -0.4 is 5.32 Å². The van der Waals surface area contributed by atoms with Crippen LogP contribution in [0, 0.1) is 5.82 Å². The van der Waals surface area contributed by atoms with Crippen LogP contribution in [0.3, 0.4) is 0 Å². The van der Waals surface area contributed by atoms with Crippen LogP contribution in [-0.4, -0.2) is 25.9 Å². The Morgan fingerprint density at radius 2 is 1.89 bits per heavy atom. The molecule has 8 heteroatoms. The SMILES string of the molecule is O=C(NCc1cccs1)c1nnn(-c2ccc(F)cc2)c1-c1ccncc1. The van der Waals surface area contributed by atoms with Crippen molar-refractivity contribution in [3.05, 3.63) is 82.7 Å². The van der Waals surface area contributed by atoms with Crippen LogP contribution in [0.4, 0.5) is 4.39 Å². The molecule has 1 amide bonds. The summed E-state index contributed by atoms with van der Waals surface area (Å²) in [5.41, 5.74) is 2.06. The largest absolute Gasteiger partial charge is 0.346 e. The summed E-state index contributed by atoms with van der Waals surface area (Å²) >= 11 is 1.56. The first-order chi connectivity index (χ1) is 13.2. The van der Waals surface area contributed by atoms with Crippen LogP contribution in [-0.2, 0) is 6.54 Å². The highest BCUT2D eigenvalue weighted by atomic mass is 32.1. The standard InChI is InChI=1S/C19H14FN5OS/c20-14-3-5-15(6-4-14)25-18(13-7-9-21-10-8-13)17(23-24-25)19(26)22-12-16-2-1-11-27-16/h1-11H,12H2,(H,22,26). The third-order valence-electron chi connectivity index (χ3n) is 3.91. The van der Waals surface area contributed by atoms with Gasteiger partial charge in [0.25, 0.3) is 5.91 Å². The molecule has 1 N–H and O–H groups in total. The number of amides is 1. The maximum absolute atomic E-state index is 13.3. The Morgan fingerprint density at radius 3 is 2.59 bits per heavy atom. The fourth-order valence-corrected chi connectivity index (χ4v) is 3.28. The number of thiophene rings is 1. The monoisotopic (exact) mass is 379 g/mol. The molecule has 0 saturated heterocycles. The predicted octanol–water partition coefficient (Wildman–Crippen LogP) is 3.46. The molecular weight excluding hydrogens is 365 g/mol. The third kappa shape index (κ3) is 3.61. The van der Waals surface area contributed by atoms with Gasteiger partial charge in [-0.25, -0.2) is 9.07 Å². The fraction of sp³-hybridized carbons (Fsp3) is 0.0526. The van der Waals surface area contributed by atoms with E-state index in [0.717, 1.165) is 10.4 Å². The first kappa shape index (κ1) is 17.0. The van der Waals surface area contributed by atoms with Crippen LogP contribution >= 0.6 is 11.3 Å². The number of carbonyl (C=O) groups excluding carboxylic acids is 1. The summed E-state index contributed by atoms with van der Waals surface area (Å²) in [4.78, 5) is 17.8. The molecule has 3 aromatic heterocycles. The van der Waals surface area contributed by atoms with Crippen LogP contribution in [0.5, 0.6) is 0 Å². The van der Waals surface area contributed by atoms with Gasteiger partial charge in [0.05, 0.1) is 12.2 Å². The number of carbonyl (C=O) groups is 1. The number of hydrogen-bond acceptors (Lipinski definition) is 5. The second kappa shape index (κ2) is 7.46. The quantitative estimate of drug-likeness (QED) is 0.576. The van der Waals surface area contributed by atoms with Crippen molar-refractivity contribution in [3.8, 4) is 16.9 Å². The van der Waals surface area contributed by atoms with E-state index in [1.165, 1.54) is 16.8 Å². The molecule has 27 heavy (non-hydrogen) atoms. The molecule has 6 nitrogen and oxygen atoms in total. The Labute approximate surface area is 158 Å². The first-order valence-electron chi connectivity index (χ1n) is 8.15. The Bertz CT molecular complexity index is 1050. The van der Waals surface area contributed by atoms with Gasteiger partial charge in [-0.1, -0.05) is 11.3 Å². The normalized spacial score (nSPS) is 10.7. The van der Waals surface area contributed by atoms with Gasteiger partial charge >= 0.3 is 0 Å². The average Bonchev–Trinajstić information content (AvgIpc) is 3.37. The van der Waals surface area contributed by atoms with Crippen molar-refractivity contribution in [2.75, 3.05) is 0 Å². The van der Waals surface area contributed by atoms with Gasteiger partial charge in [0.2, 0.25) is 0 Å². The zero-order valence-corrected chi connectivity index (χ0v) is 14.9. The number of pyridine rings is 1. The lowest BCUT2D eigenvalue weighted by Gasteiger charge is -2.08. The maximum atomic E-state index is 13.3. The van der Waals surface area contributed by atoms with E-state index in [1.54, 1.807) is 48.0 Å². The molecule has 134 valence electrons. The van der Waals surface area contributed by atoms with Crippen molar-refractivity contribution >= 4 is 17.2 Å². The number of halogens is 1. The summed E-state index contributed by atoms with van der Waals surface area (Å²) in [6.45, 7) is 0.412. The van der Waals surface area contributed by atoms with Gasteiger partial charge < -0.3 is 5.32 Å². The van der Waals surface area contributed by atoms with Gasteiger partial charge in [-0.15, -0.1) is 16.4 Å². The molecule has 4 rings (SSSR count). The van der Waals surface area contributed by atoms with Crippen molar-refractivity contribution in [1.29, 1.82) is 0 Å². The van der Waals surface area contributed by atoms with E-state index in [2.05, 4.69) is 20.6 Å². The smallest absolute Gasteiger partial charge is 0.274 e. The minimum absolute atomic E-state index is 0.196.